The molecule has 29 heavy (non-hydrogen) atoms. The van der Waals surface area contributed by atoms with Crippen LogP contribution in [0, 0.1) is 11.8 Å². The van der Waals surface area contributed by atoms with Gasteiger partial charge in [0, 0.05) is 28.9 Å². The molecule has 4 heteroatoms. The monoisotopic (exact) mass is 372 g/mol. The van der Waals surface area contributed by atoms with Gasteiger partial charge in [0.25, 0.3) is 0 Å². The van der Waals surface area contributed by atoms with E-state index in [1.54, 1.807) is 18.6 Å². The lowest BCUT2D eigenvalue weighted by Gasteiger charge is -2.07. The van der Waals surface area contributed by atoms with Crippen LogP contribution in [-0.2, 0) is 0 Å². The van der Waals surface area contributed by atoms with E-state index in [9.17, 15) is 0 Å². The Morgan fingerprint density at radius 1 is 0.690 bits per heavy atom. The van der Waals surface area contributed by atoms with Crippen molar-refractivity contribution in [1.29, 1.82) is 0 Å². The lowest BCUT2D eigenvalue weighted by Crippen LogP contribution is -1.98. The second kappa shape index (κ2) is 7.41. The number of hydrogen-bond acceptors (Lipinski definition) is 3. The first kappa shape index (κ1) is 16.9. The summed E-state index contributed by atoms with van der Waals surface area (Å²) in [6.07, 6.45) is 5.33. The van der Waals surface area contributed by atoms with Gasteiger partial charge in [-0.1, -0.05) is 42.3 Å². The molecule has 3 heterocycles. The van der Waals surface area contributed by atoms with E-state index in [1.807, 2.05) is 59.3 Å². The molecule has 0 fully saturated rings. The number of hydrogen-bond donors (Lipinski definition) is 0. The van der Waals surface area contributed by atoms with Gasteiger partial charge in [0.15, 0.2) is 0 Å². The highest BCUT2D eigenvalue weighted by Crippen LogP contribution is 2.22. The molecule has 0 aliphatic heterocycles. The second-order valence-electron chi connectivity index (χ2n) is 6.55. The Labute approximate surface area is 168 Å². The molecule has 3 aromatic heterocycles. The Hall–Kier alpha value is -4.23. The fourth-order valence-electron chi connectivity index (χ4n) is 3.21. The summed E-state index contributed by atoms with van der Waals surface area (Å²) in [6, 6.07) is 26.1. The fourth-order valence-corrected chi connectivity index (χ4v) is 3.21. The summed E-state index contributed by atoms with van der Waals surface area (Å²) in [7, 11) is 0. The first-order chi connectivity index (χ1) is 14.4. The topological polar surface area (TPSA) is 43.6 Å². The van der Waals surface area contributed by atoms with Crippen molar-refractivity contribution in [3.8, 4) is 28.8 Å². The van der Waals surface area contributed by atoms with E-state index in [0.717, 1.165) is 39.1 Å². The first-order valence-electron chi connectivity index (χ1n) is 9.29. The number of rotatable bonds is 2. The highest BCUT2D eigenvalue weighted by atomic mass is 15.3. The predicted molar refractivity (Wildman–Crippen MR) is 115 cm³/mol. The number of pyridine rings is 2. The van der Waals surface area contributed by atoms with Gasteiger partial charge < -0.3 is 0 Å². The van der Waals surface area contributed by atoms with Gasteiger partial charge in [-0.3, -0.25) is 4.98 Å². The normalized spacial score (nSPS) is 10.5. The SMILES string of the molecule is C(#Cc1ccc2ccccc2n1)c1ccc(-c2ccnn2-c2ccncc2)cc1. The van der Waals surface area contributed by atoms with E-state index in [0.29, 0.717) is 0 Å². The van der Waals surface area contributed by atoms with E-state index >= 15 is 0 Å². The van der Waals surface area contributed by atoms with E-state index < -0.39 is 0 Å². The minimum atomic E-state index is 0.767. The third-order valence-electron chi connectivity index (χ3n) is 4.66. The summed E-state index contributed by atoms with van der Waals surface area (Å²) in [6.45, 7) is 0. The maximum Gasteiger partial charge on any atom is 0.114 e. The molecular formula is C25H16N4. The maximum atomic E-state index is 4.60. The van der Waals surface area contributed by atoms with Crippen LogP contribution in [0.15, 0.2) is 97.5 Å². The van der Waals surface area contributed by atoms with Gasteiger partial charge in [-0.15, -0.1) is 0 Å². The fraction of sp³-hybridized carbons (Fsp3) is 0. The number of aromatic nitrogens is 4. The molecule has 0 aliphatic carbocycles. The molecule has 0 N–H and O–H groups in total. The molecule has 4 nitrogen and oxygen atoms in total. The van der Waals surface area contributed by atoms with Gasteiger partial charge in [-0.2, -0.15) is 5.10 Å². The van der Waals surface area contributed by atoms with Crippen LogP contribution >= 0.6 is 0 Å². The number of para-hydroxylation sites is 1. The third kappa shape index (κ3) is 3.50. The van der Waals surface area contributed by atoms with Crippen LogP contribution in [0.25, 0.3) is 27.8 Å². The van der Waals surface area contributed by atoms with Crippen LogP contribution in [0.3, 0.4) is 0 Å². The quantitative estimate of drug-likeness (QED) is 0.415. The van der Waals surface area contributed by atoms with Crippen molar-refractivity contribution in [1.82, 2.24) is 19.7 Å². The Morgan fingerprint density at radius 2 is 1.52 bits per heavy atom. The lowest BCUT2D eigenvalue weighted by atomic mass is 10.1. The second-order valence-corrected chi connectivity index (χ2v) is 6.55. The first-order valence-corrected chi connectivity index (χ1v) is 9.29. The summed E-state index contributed by atoms with van der Waals surface area (Å²) in [5, 5.41) is 5.56. The Morgan fingerprint density at radius 3 is 2.38 bits per heavy atom. The molecule has 136 valence electrons. The summed E-state index contributed by atoms with van der Waals surface area (Å²) >= 11 is 0. The number of fused-ring (bicyclic) bond motifs is 1. The molecular weight excluding hydrogens is 356 g/mol. The Balaban J connectivity index is 1.42. The summed E-state index contributed by atoms with van der Waals surface area (Å²) in [5.41, 5.74) is 5.74. The average molecular weight is 372 g/mol. The molecule has 0 saturated carbocycles. The zero-order valence-corrected chi connectivity index (χ0v) is 15.5. The van der Waals surface area contributed by atoms with Crippen molar-refractivity contribution in [3.63, 3.8) is 0 Å². The van der Waals surface area contributed by atoms with Gasteiger partial charge in [0.05, 0.1) is 23.1 Å². The van der Waals surface area contributed by atoms with Crippen LogP contribution in [0.2, 0.25) is 0 Å². The molecule has 0 saturated heterocycles. The van der Waals surface area contributed by atoms with Crippen LogP contribution in [0.5, 0.6) is 0 Å². The zero-order chi connectivity index (χ0) is 19.5. The summed E-state index contributed by atoms with van der Waals surface area (Å²) in [4.78, 5) is 8.67. The van der Waals surface area contributed by atoms with Gasteiger partial charge in [-0.25, -0.2) is 9.67 Å². The third-order valence-corrected chi connectivity index (χ3v) is 4.66. The van der Waals surface area contributed by atoms with E-state index in [1.165, 1.54) is 0 Å². The summed E-state index contributed by atoms with van der Waals surface area (Å²) in [5.74, 6) is 6.36. The van der Waals surface area contributed by atoms with Crippen molar-refractivity contribution < 1.29 is 0 Å². The van der Waals surface area contributed by atoms with Crippen molar-refractivity contribution in [2.24, 2.45) is 0 Å². The molecule has 2 aromatic carbocycles. The molecule has 0 amide bonds. The van der Waals surface area contributed by atoms with Crippen LogP contribution in [-0.4, -0.2) is 19.7 Å². The average Bonchev–Trinajstić information content (AvgIpc) is 3.28. The van der Waals surface area contributed by atoms with E-state index in [-0.39, 0.29) is 0 Å². The molecule has 5 rings (SSSR count). The maximum absolute atomic E-state index is 4.60. The molecule has 0 radical (unpaired) electrons. The van der Waals surface area contributed by atoms with Crippen LogP contribution in [0.1, 0.15) is 11.3 Å². The lowest BCUT2D eigenvalue weighted by molar-refractivity contribution is 0.885. The molecule has 0 bridgehead atoms. The largest absolute Gasteiger partial charge is 0.265 e. The van der Waals surface area contributed by atoms with Gasteiger partial charge >= 0.3 is 0 Å². The predicted octanol–water partition coefficient (Wildman–Crippen LogP) is 4.88. The molecule has 0 spiro atoms. The van der Waals surface area contributed by atoms with Crippen LogP contribution in [0.4, 0.5) is 0 Å². The molecule has 0 aliphatic rings. The van der Waals surface area contributed by atoms with Crippen molar-refractivity contribution in [3.05, 3.63) is 109 Å². The van der Waals surface area contributed by atoms with E-state index in [2.05, 4.69) is 51.2 Å². The number of nitrogens with zero attached hydrogens (tertiary/aromatic N) is 4. The Kier molecular flexibility index (Phi) is 4.32. The van der Waals surface area contributed by atoms with Crippen LogP contribution < -0.4 is 0 Å². The zero-order valence-electron chi connectivity index (χ0n) is 15.5. The van der Waals surface area contributed by atoms with Crippen molar-refractivity contribution in [2.45, 2.75) is 0 Å². The van der Waals surface area contributed by atoms with E-state index in [4.69, 9.17) is 0 Å². The number of benzene rings is 2. The highest BCUT2D eigenvalue weighted by Gasteiger charge is 2.07. The van der Waals surface area contributed by atoms with Crippen molar-refractivity contribution in [2.75, 3.05) is 0 Å². The molecule has 0 unspecified atom stereocenters. The molecule has 5 aromatic rings. The smallest absolute Gasteiger partial charge is 0.114 e. The minimum absolute atomic E-state index is 0.767. The van der Waals surface area contributed by atoms with Gasteiger partial charge in [0.2, 0.25) is 0 Å². The molecule has 0 atom stereocenters. The summed E-state index contributed by atoms with van der Waals surface area (Å²) < 4.78 is 1.90. The highest BCUT2D eigenvalue weighted by molar-refractivity contribution is 5.78. The van der Waals surface area contributed by atoms with Gasteiger partial charge in [0.1, 0.15) is 5.69 Å². The van der Waals surface area contributed by atoms with Crippen molar-refractivity contribution >= 4 is 10.9 Å². The minimum Gasteiger partial charge on any atom is -0.265 e. The van der Waals surface area contributed by atoms with Gasteiger partial charge in [-0.05, 0) is 48.4 Å². The standard InChI is InChI=1S/C25H16N4/c1-2-4-24-20(3-1)10-12-22(28-24)11-7-19-5-8-21(9-6-19)25-15-18-27-29(25)23-13-16-26-17-14-23/h1-6,8-10,12-18H. The Bertz CT molecular complexity index is 1340.